The molecule has 50 valence electrons. The maximum absolute atomic E-state index is 10.6. The van der Waals surface area contributed by atoms with Crippen molar-refractivity contribution < 1.29 is 14.1 Å². The zero-order chi connectivity index (χ0) is 6.69. The molecule has 4 heteroatoms. The standard InChI is InChI=1S/C5H7O3P/c6-5-4(9-7)2-1-3-8-5/h4H,1-3H2. The summed E-state index contributed by atoms with van der Waals surface area (Å²) in [6.07, 6.45) is 1.54. The second-order valence-electron chi connectivity index (χ2n) is 1.93. The Balaban J connectivity index is 2.48. The molecule has 0 aliphatic carbocycles. The Bertz CT molecular complexity index is 134. The fourth-order valence-electron chi connectivity index (χ4n) is 0.759. The molecule has 0 amide bonds. The van der Waals surface area contributed by atoms with Gasteiger partial charge in [-0.3, -0.25) is 9.36 Å². The highest BCUT2D eigenvalue weighted by Gasteiger charge is 2.23. The van der Waals surface area contributed by atoms with E-state index < -0.39 is 5.66 Å². The fourth-order valence-corrected chi connectivity index (χ4v) is 1.21. The van der Waals surface area contributed by atoms with Crippen LogP contribution in [0.15, 0.2) is 0 Å². The molecule has 9 heavy (non-hydrogen) atoms. The predicted molar refractivity (Wildman–Crippen MR) is 31.6 cm³/mol. The van der Waals surface area contributed by atoms with Crippen LogP contribution in [0.3, 0.4) is 0 Å². The number of rotatable bonds is 1. The Kier molecular flexibility index (Phi) is 2.17. The minimum atomic E-state index is -0.390. The van der Waals surface area contributed by atoms with Crippen molar-refractivity contribution in [2.24, 2.45) is 0 Å². The summed E-state index contributed by atoms with van der Waals surface area (Å²) < 4.78 is 14.8. The molecule has 0 spiro atoms. The van der Waals surface area contributed by atoms with E-state index in [9.17, 15) is 9.36 Å². The van der Waals surface area contributed by atoms with Gasteiger partial charge in [0.1, 0.15) is 5.66 Å². The van der Waals surface area contributed by atoms with Crippen LogP contribution in [0.2, 0.25) is 0 Å². The van der Waals surface area contributed by atoms with Gasteiger partial charge in [0.15, 0.2) is 8.46 Å². The number of carbonyl (C=O) groups excluding carboxylic acids is 1. The summed E-state index contributed by atoms with van der Waals surface area (Å²) >= 11 is 0. The summed E-state index contributed by atoms with van der Waals surface area (Å²) in [7, 11) is -0.104. The molecule has 1 saturated heterocycles. The van der Waals surface area contributed by atoms with E-state index in [0.29, 0.717) is 13.0 Å². The third-order valence-electron chi connectivity index (χ3n) is 1.27. The summed E-state index contributed by atoms with van der Waals surface area (Å²) in [6.45, 7) is 0.491. The van der Waals surface area contributed by atoms with Crippen molar-refractivity contribution in [1.82, 2.24) is 0 Å². The van der Waals surface area contributed by atoms with E-state index in [4.69, 9.17) is 0 Å². The predicted octanol–water partition coefficient (Wildman–Crippen LogP) is 0.984. The Labute approximate surface area is 54.6 Å². The third kappa shape index (κ3) is 1.49. The second-order valence-corrected chi connectivity index (χ2v) is 2.77. The Hall–Kier alpha value is -0.430. The lowest BCUT2D eigenvalue weighted by Gasteiger charge is -2.14. The summed E-state index contributed by atoms with van der Waals surface area (Å²) in [5, 5.41) is 0. The van der Waals surface area contributed by atoms with Crippen molar-refractivity contribution in [3.8, 4) is 0 Å². The van der Waals surface area contributed by atoms with Gasteiger partial charge in [0.25, 0.3) is 0 Å². The van der Waals surface area contributed by atoms with Gasteiger partial charge in [-0.25, -0.2) is 0 Å². The molecule has 1 aliphatic heterocycles. The minimum Gasteiger partial charge on any atom is -0.465 e. The molecule has 1 unspecified atom stereocenters. The smallest absolute Gasteiger partial charge is 0.320 e. The largest absolute Gasteiger partial charge is 0.465 e. The van der Waals surface area contributed by atoms with Gasteiger partial charge in [0.2, 0.25) is 0 Å². The number of hydrogen-bond donors (Lipinski definition) is 0. The average molecular weight is 146 g/mol. The van der Waals surface area contributed by atoms with Crippen LogP contribution in [-0.4, -0.2) is 18.2 Å². The van der Waals surface area contributed by atoms with Crippen LogP contribution in [0.5, 0.6) is 0 Å². The SMILES string of the molecule is O=PC1CCCOC1=O. The molecule has 0 radical (unpaired) electrons. The van der Waals surface area contributed by atoms with E-state index in [2.05, 4.69) is 4.74 Å². The lowest BCUT2D eigenvalue weighted by atomic mass is 10.2. The van der Waals surface area contributed by atoms with Gasteiger partial charge < -0.3 is 4.74 Å². The quantitative estimate of drug-likeness (QED) is 0.409. The zero-order valence-corrected chi connectivity index (χ0v) is 5.77. The van der Waals surface area contributed by atoms with Crippen LogP contribution in [0.25, 0.3) is 0 Å². The van der Waals surface area contributed by atoms with Crippen molar-refractivity contribution in [3.63, 3.8) is 0 Å². The average Bonchev–Trinajstić information content (AvgIpc) is 1.89. The van der Waals surface area contributed by atoms with E-state index in [1.54, 1.807) is 0 Å². The van der Waals surface area contributed by atoms with E-state index in [1.807, 2.05) is 0 Å². The molecule has 1 atom stereocenters. The van der Waals surface area contributed by atoms with Crippen molar-refractivity contribution >= 4 is 14.4 Å². The highest BCUT2D eigenvalue weighted by molar-refractivity contribution is 7.26. The van der Waals surface area contributed by atoms with Crippen LogP contribution < -0.4 is 0 Å². The number of ether oxygens (including phenoxy) is 1. The first-order valence-corrected chi connectivity index (χ1v) is 3.72. The van der Waals surface area contributed by atoms with Crippen molar-refractivity contribution in [1.29, 1.82) is 0 Å². The molecule has 1 rings (SSSR count). The van der Waals surface area contributed by atoms with Crippen molar-refractivity contribution in [2.45, 2.75) is 18.5 Å². The van der Waals surface area contributed by atoms with Gasteiger partial charge in [-0.05, 0) is 12.8 Å². The molecule has 0 N–H and O–H groups in total. The molecule has 0 aromatic heterocycles. The molecule has 0 aromatic carbocycles. The topological polar surface area (TPSA) is 43.4 Å². The second kappa shape index (κ2) is 2.92. The van der Waals surface area contributed by atoms with Crippen LogP contribution in [0, 0.1) is 0 Å². The Morgan fingerprint density at radius 2 is 2.44 bits per heavy atom. The lowest BCUT2D eigenvalue weighted by Crippen LogP contribution is -2.24. The van der Waals surface area contributed by atoms with E-state index in [-0.39, 0.29) is 14.4 Å². The molecule has 3 nitrogen and oxygen atoms in total. The first kappa shape index (κ1) is 6.69. The number of carbonyl (C=O) groups is 1. The molecule has 1 heterocycles. The Morgan fingerprint density at radius 1 is 1.67 bits per heavy atom. The van der Waals surface area contributed by atoms with Crippen molar-refractivity contribution in [3.05, 3.63) is 0 Å². The fraction of sp³-hybridized carbons (Fsp3) is 0.800. The monoisotopic (exact) mass is 146 g/mol. The molecule has 1 aliphatic rings. The van der Waals surface area contributed by atoms with E-state index >= 15 is 0 Å². The van der Waals surface area contributed by atoms with E-state index in [1.165, 1.54) is 0 Å². The number of cyclic esters (lactones) is 1. The molecular weight excluding hydrogens is 139 g/mol. The summed E-state index contributed by atoms with van der Waals surface area (Å²) in [6, 6.07) is 0. The molecule has 0 saturated carbocycles. The highest BCUT2D eigenvalue weighted by atomic mass is 31.1. The van der Waals surface area contributed by atoms with Crippen LogP contribution in [-0.2, 0) is 14.1 Å². The third-order valence-corrected chi connectivity index (χ3v) is 1.99. The first-order chi connectivity index (χ1) is 4.34. The van der Waals surface area contributed by atoms with Crippen LogP contribution in [0.1, 0.15) is 12.8 Å². The molecule has 1 fully saturated rings. The van der Waals surface area contributed by atoms with Gasteiger partial charge in [0, 0.05) is 0 Å². The first-order valence-electron chi connectivity index (χ1n) is 2.83. The van der Waals surface area contributed by atoms with Crippen LogP contribution >= 0.6 is 8.46 Å². The maximum atomic E-state index is 10.6. The number of esters is 1. The summed E-state index contributed by atoms with van der Waals surface area (Å²) in [5.41, 5.74) is -0.390. The van der Waals surface area contributed by atoms with Crippen molar-refractivity contribution in [2.75, 3.05) is 6.61 Å². The normalized spacial score (nSPS) is 28.0. The Morgan fingerprint density at radius 3 is 2.89 bits per heavy atom. The zero-order valence-electron chi connectivity index (χ0n) is 4.87. The molecule has 0 bridgehead atoms. The van der Waals surface area contributed by atoms with Gasteiger partial charge in [-0.15, -0.1) is 0 Å². The lowest BCUT2D eigenvalue weighted by molar-refractivity contribution is -0.146. The van der Waals surface area contributed by atoms with Gasteiger partial charge in [-0.1, -0.05) is 0 Å². The summed E-state index contributed by atoms with van der Waals surface area (Å²) in [4.78, 5) is 10.6. The summed E-state index contributed by atoms with van der Waals surface area (Å²) in [5.74, 6) is -0.321. The minimum absolute atomic E-state index is 0.104. The maximum Gasteiger partial charge on any atom is 0.320 e. The van der Waals surface area contributed by atoms with Gasteiger partial charge >= 0.3 is 5.97 Å². The van der Waals surface area contributed by atoms with Gasteiger partial charge in [0.05, 0.1) is 6.61 Å². The van der Waals surface area contributed by atoms with Crippen LogP contribution in [0.4, 0.5) is 0 Å². The number of hydrogen-bond acceptors (Lipinski definition) is 3. The highest BCUT2D eigenvalue weighted by Crippen LogP contribution is 2.18. The molecular formula is C5H7O3P. The molecule has 0 aromatic rings. The van der Waals surface area contributed by atoms with E-state index in [0.717, 1.165) is 6.42 Å². The van der Waals surface area contributed by atoms with Gasteiger partial charge in [-0.2, -0.15) is 0 Å².